The zero-order valence-electron chi connectivity index (χ0n) is 12.7. The van der Waals surface area contributed by atoms with Crippen molar-refractivity contribution in [2.45, 2.75) is 4.43 Å². The van der Waals surface area contributed by atoms with Gasteiger partial charge in [0.25, 0.3) is 0 Å². The molecule has 0 fully saturated rings. The van der Waals surface area contributed by atoms with Gasteiger partial charge in [-0.1, -0.05) is 33.9 Å². The van der Waals surface area contributed by atoms with Gasteiger partial charge in [0.1, 0.15) is 15.8 Å². The maximum Gasteiger partial charge on any atom is 0.173 e. The predicted molar refractivity (Wildman–Crippen MR) is 110 cm³/mol. The largest absolute Gasteiger partial charge is 0.361 e. The van der Waals surface area contributed by atoms with Crippen molar-refractivity contribution >= 4 is 68.0 Å². The van der Waals surface area contributed by atoms with E-state index in [1.807, 2.05) is 11.9 Å². The van der Waals surface area contributed by atoms with Crippen LogP contribution < -0.4 is 10.2 Å². The van der Waals surface area contributed by atoms with E-state index >= 15 is 0 Å². The summed E-state index contributed by atoms with van der Waals surface area (Å²) in [5, 5.41) is 5.62. The van der Waals surface area contributed by atoms with Crippen LogP contribution in [-0.2, 0) is 4.43 Å². The Bertz CT molecular complexity index is 680. The highest BCUT2D eigenvalue weighted by Gasteiger charge is 2.18. The molecule has 2 rings (SSSR count). The van der Waals surface area contributed by atoms with Crippen molar-refractivity contribution in [1.82, 2.24) is 15.3 Å². The van der Waals surface area contributed by atoms with Crippen LogP contribution in [0.25, 0.3) is 10.6 Å². The fourth-order valence-corrected chi connectivity index (χ4v) is 4.20. The molecule has 0 aliphatic rings. The minimum atomic E-state index is -0.363. The topological polar surface area (TPSA) is 41.0 Å². The number of aromatic nitrogens is 2. The van der Waals surface area contributed by atoms with Crippen LogP contribution in [0.5, 0.6) is 0 Å². The van der Waals surface area contributed by atoms with Gasteiger partial charge >= 0.3 is 0 Å². The van der Waals surface area contributed by atoms with Crippen LogP contribution in [0.3, 0.4) is 0 Å². The number of pyridine rings is 1. The molecule has 2 aromatic heterocycles. The number of hydrogen-bond acceptors (Lipinski definition) is 5. The molecule has 0 saturated carbocycles. The van der Waals surface area contributed by atoms with Gasteiger partial charge in [0.15, 0.2) is 5.11 Å². The Morgan fingerprint density at radius 3 is 2.96 bits per heavy atom. The molecule has 0 aliphatic carbocycles. The van der Waals surface area contributed by atoms with E-state index in [9.17, 15) is 4.39 Å². The number of nitrogens with zero attached hydrogens (tertiary/aromatic N) is 3. The molecule has 2 heterocycles. The Kier molecular flexibility index (Phi) is 7.44. The number of halogens is 2. The Morgan fingerprint density at radius 2 is 2.30 bits per heavy atom. The van der Waals surface area contributed by atoms with E-state index in [1.54, 1.807) is 18.0 Å². The van der Waals surface area contributed by atoms with E-state index in [4.69, 9.17) is 12.2 Å². The van der Waals surface area contributed by atoms with E-state index in [0.717, 1.165) is 32.4 Å². The molecule has 0 radical (unpaired) electrons. The minimum Gasteiger partial charge on any atom is -0.361 e. The molecule has 124 valence electrons. The molecule has 0 atom stereocenters. The smallest absolute Gasteiger partial charge is 0.173 e. The van der Waals surface area contributed by atoms with Gasteiger partial charge in [-0.25, -0.2) is 9.37 Å². The van der Waals surface area contributed by atoms with Crippen LogP contribution in [0.15, 0.2) is 18.5 Å². The number of hydrogen-bond donors (Lipinski definition) is 1. The second kappa shape index (κ2) is 9.09. The number of thiocarbonyl (C=S) groups is 1. The summed E-state index contributed by atoms with van der Waals surface area (Å²) in [6, 6.07) is 1.45. The predicted octanol–water partition coefficient (Wildman–Crippen LogP) is 3.95. The van der Waals surface area contributed by atoms with Gasteiger partial charge in [-0.3, -0.25) is 4.98 Å². The van der Waals surface area contributed by atoms with Gasteiger partial charge in [0.2, 0.25) is 0 Å². The molecule has 4 nitrogen and oxygen atoms in total. The first-order valence-corrected chi connectivity index (χ1v) is 10.9. The molecule has 23 heavy (non-hydrogen) atoms. The fourth-order valence-electron chi connectivity index (χ4n) is 1.82. The van der Waals surface area contributed by atoms with Crippen LogP contribution in [0.2, 0.25) is 0 Å². The number of alkyl halides is 1. The lowest BCUT2D eigenvalue weighted by Crippen LogP contribution is -2.38. The molecule has 0 aliphatic heterocycles. The van der Waals surface area contributed by atoms with Crippen molar-refractivity contribution in [2.24, 2.45) is 0 Å². The molecule has 0 aromatic carbocycles. The quantitative estimate of drug-likeness (QED) is 0.291. The van der Waals surface area contributed by atoms with E-state index < -0.39 is 0 Å². The average Bonchev–Trinajstić information content (AvgIpc) is 2.98. The Morgan fingerprint density at radius 1 is 1.52 bits per heavy atom. The van der Waals surface area contributed by atoms with Crippen molar-refractivity contribution < 1.29 is 4.39 Å². The molecular weight excluding hydrogens is 466 g/mol. The molecule has 0 unspecified atom stereocenters. The van der Waals surface area contributed by atoms with E-state index in [1.165, 1.54) is 23.6 Å². The van der Waals surface area contributed by atoms with Crippen LogP contribution in [0.4, 0.5) is 9.39 Å². The highest BCUT2D eigenvalue weighted by Crippen LogP contribution is 2.35. The van der Waals surface area contributed by atoms with Crippen molar-refractivity contribution in [3.05, 3.63) is 30.0 Å². The van der Waals surface area contributed by atoms with Crippen LogP contribution in [0, 0.1) is 5.82 Å². The maximum absolute atomic E-state index is 13.4. The molecule has 0 saturated heterocycles. The maximum atomic E-state index is 13.4. The third-order valence-electron chi connectivity index (χ3n) is 2.95. The van der Waals surface area contributed by atoms with Crippen LogP contribution in [0.1, 0.15) is 5.69 Å². The number of thiazole rings is 1. The lowest BCUT2D eigenvalue weighted by molar-refractivity contribution is 0.622. The molecule has 9 heteroatoms. The number of nitrogens with one attached hydrogen (secondary N) is 1. The van der Waals surface area contributed by atoms with Gasteiger partial charge in [0, 0.05) is 35.5 Å². The standard InChI is InChI=1S/C14H16FIN4S3/c1-20(14(21)18-3-4-22-2)13-11(6-16)19-12(23-13)9-5-10(15)8-17-7-9/h5,7-8H,3-4,6H2,1-2H3,(H,18,21). The average molecular weight is 482 g/mol. The molecule has 0 bridgehead atoms. The summed E-state index contributed by atoms with van der Waals surface area (Å²) in [5.74, 6) is 0.633. The Balaban J connectivity index is 2.23. The lowest BCUT2D eigenvalue weighted by Gasteiger charge is -2.19. The molecule has 1 N–H and O–H groups in total. The van der Waals surface area contributed by atoms with E-state index in [2.05, 4.69) is 44.1 Å². The highest BCUT2D eigenvalue weighted by molar-refractivity contribution is 14.1. The second-order valence-electron chi connectivity index (χ2n) is 4.58. The zero-order chi connectivity index (χ0) is 16.8. The first-order valence-electron chi connectivity index (χ1n) is 6.74. The molecule has 2 aromatic rings. The van der Waals surface area contributed by atoms with Crippen LogP contribution in [-0.4, -0.2) is 40.7 Å². The molecular formula is C14H16FIN4S3. The minimum absolute atomic E-state index is 0.363. The first-order chi connectivity index (χ1) is 11.1. The summed E-state index contributed by atoms with van der Waals surface area (Å²) in [4.78, 5) is 10.4. The van der Waals surface area contributed by atoms with Gasteiger partial charge < -0.3 is 10.2 Å². The van der Waals surface area contributed by atoms with E-state index in [-0.39, 0.29) is 5.82 Å². The number of thioether (sulfide) groups is 1. The van der Waals surface area contributed by atoms with Crippen molar-refractivity contribution in [1.29, 1.82) is 0 Å². The Hall–Kier alpha value is -0.520. The Labute approximate surface area is 162 Å². The van der Waals surface area contributed by atoms with Crippen molar-refractivity contribution in [3.8, 4) is 10.6 Å². The lowest BCUT2D eigenvalue weighted by atomic mass is 10.3. The number of rotatable bonds is 6. The summed E-state index contributed by atoms with van der Waals surface area (Å²) < 4.78 is 14.1. The zero-order valence-corrected chi connectivity index (χ0v) is 17.3. The van der Waals surface area contributed by atoms with Crippen molar-refractivity contribution in [3.63, 3.8) is 0 Å². The van der Waals surface area contributed by atoms with Crippen LogP contribution >= 0.6 is 57.9 Å². The van der Waals surface area contributed by atoms with Gasteiger partial charge in [-0.2, -0.15) is 11.8 Å². The van der Waals surface area contributed by atoms with Crippen molar-refractivity contribution in [2.75, 3.05) is 30.5 Å². The summed E-state index contributed by atoms with van der Waals surface area (Å²) in [5.41, 5.74) is 1.62. The summed E-state index contributed by atoms with van der Waals surface area (Å²) in [6.07, 6.45) is 4.87. The van der Waals surface area contributed by atoms with Gasteiger partial charge in [0.05, 0.1) is 11.9 Å². The normalized spacial score (nSPS) is 10.6. The number of anilines is 1. The SMILES string of the molecule is CSCCNC(=S)N(C)c1sc(-c2cncc(F)c2)nc1CI. The molecule has 0 amide bonds. The molecule has 0 spiro atoms. The van der Waals surface area contributed by atoms with E-state index in [0.29, 0.717) is 10.7 Å². The highest BCUT2D eigenvalue weighted by atomic mass is 127. The first kappa shape index (κ1) is 18.8. The van der Waals surface area contributed by atoms with Gasteiger partial charge in [-0.05, 0) is 24.5 Å². The second-order valence-corrected chi connectivity index (χ2v) is 7.69. The summed E-state index contributed by atoms with van der Waals surface area (Å²) in [7, 11) is 1.92. The van der Waals surface area contributed by atoms with Gasteiger partial charge in [-0.15, -0.1) is 0 Å². The summed E-state index contributed by atoms with van der Waals surface area (Å²) in [6.45, 7) is 0.823. The monoisotopic (exact) mass is 482 g/mol. The third-order valence-corrected chi connectivity index (χ3v) is 5.92. The summed E-state index contributed by atoms with van der Waals surface area (Å²) >= 11 is 11.0. The third kappa shape index (κ3) is 4.97. The fraction of sp³-hybridized carbons (Fsp3) is 0.357.